The molecular weight excluding hydrogens is 190 g/mol. The second-order valence-corrected chi connectivity index (χ2v) is 4.53. The molecule has 0 aromatic carbocycles. The summed E-state index contributed by atoms with van der Waals surface area (Å²) in [5.74, 6) is -0.693. The molecule has 0 aliphatic heterocycles. The highest BCUT2D eigenvalue weighted by molar-refractivity contribution is 5.73. The number of nitrogens with one attached hydrogen (secondary N) is 1. The molecule has 0 bridgehead atoms. The minimum Gasteiger partial charge on any atom is -0.480 e. The minimum absolute atomic E-state index is 0.335. The first-order chi connectivity index (χ1) is 7.24. The van der Waals surface area contributed by atoms with Crippen LogP contribution in [0.5, 0.6) is 0 Å². The third-order valence-corrected chi connectivity index (χ3v) is 3.17. The van der Waals surface area contributed by atoms with E-state index in [1.54, 1.807) is 0 Å². The maximum atomic E-state index is 11.0. The Bertz CT molecular complexity index is 186. The third-order valence-electron chi connectivity index (χ3n) is 3.17. The lowest BCUT2D eigenvalue weighted by Crippen LogP contribution is -2.43. The molecule has 0 spiro atoms. The molecule has 0 amide bonds. The summed E-state index contributed by atoms with van der Waals surface area (Å²) >= 11 is 0. The summed E-state index contributed by atoms with van der Waals surface area (Å²) in [6.07, 6.45) is 9.07. The van der Waals surface area contributed by atoms with Crippen molar-refractivity contribution in [1.29, 1.82) is 0 Å². The molecule has 1 aliphatic rings. The van der Waals surface area contributed by atoms with Gasteiger partial charge in [-0.05, 0) is 19.3 Å². The Morgan fingerprint density at radius 3 is 2.40 bits per heavy atom. The third kappa shape index (κ3) is 4.65. The molecule has 1 unspecified atom stereocenters. The first-order valence-electron chi connectivity index (χ1n) is 6.23. The van der Waals surface area contributed by atoms with Crippen LogP contribution in [-0.2, 0) is 4.79 Å². The summed E-state index contributed by atoms with van der Waals surface area (Å²) in [4.78, 5) is 11.0. The van der Waals surface area contributed by atoms with Crippen LogP contribution in [-0.4, -0.2) is 23.2 Å². The van der Waals surface area contributed by atoms with Crippen molar-refractivity contribution in [3.63, 3.8) is 0 Å². The van der Waals surface area contributed by atoms with Crippen molar-refractivity contribution in [1.82, 2.24) is 5.32 Å². The number of rotatable bonds is 5. The summed E-state index contributed by atoms with van der Waals surface area (Å²) in [6.45, 7) is 2.03. The van der Waals surface area contributed by atoms with Gasteiger partial charge in [0.1, 0.15) is 6.04 Å². The lowest BCUT2D eigenvalue weighted by Gasteiger charge is -2.21. The molecular formula is C12H23NO2. The van der Waals surface area contributed by atoms with Crippen LogP contribution < -0.4 is 5.32 Å². The van der Waals surface area contributed by atoms with E-state index in [2.05, 4.69) is 5.32 Å². The van der Waals surface area contributed by atoms with E-state index < -0.39 is 5.97 Å². The summed E-state index contributed by atoms with van der Waals surface area (Å²) in [5.41, 5.74) is 0. The number of hydrogen-bond acceptors (Lipinski definition) is 2. The van der Waals surface area contributed by atoms with Gasteiger partial charge >= 0.3 is 5.97 Å². The van der Waals surface area contributed by atoms with Crippen LogP contribution in [0.4, 0.5) is 0 Å². The van der Waals surface area contributed by atoms with Gasteiger partial charge in [0, 0.05) is 6.04 Å². The fourth-order valence-electron chi connectivity index (χ4n) is 2.30. The Morgan fingerprint density at radius 1 is 1.33 bits per heavy atom. The van der Waals surface area contributed by atoms with E-state index in [1.807, 2.05) is 6.92 Å². The molecule has 0 aromatic rings. The predicted molar refractivity (Wildman–Crippen MR) is 61.0 cm³/mol. The van der Waals surface area contributed by atoms with Crippen molar-refractivity contribution in [3.05, 3.63) is 0 Å². The highest BCUT2D eigenvalue weighted by atomic mass is 16.4. The van der Waals surface area contributed by atoms with E-state index in [0.29, 0.717) is 6.04 Å². The van der Waals surface area contributed by atoms with E-state index in [0.717, 1.165) is 25.7 Å². The van der Waals surface area contributed by atoms with Crippen LogP contribution in [0, 0.1) is 0 Å². The predicted octanol–water partition coefficient (Wildman–Crippen LogP) is 2.55. The molecule has 1 atom stereocenters. The van der Waals surface area contributed by atoms with E-state index >= 15 is 0 Å². The van der Waals surface area contributed by atoms with Gasteiger partial charge in [-0.15, -0.1) is 0 Å². The maximum absolute atomic E-state index is 11.0. The van der Waals surface area contributed by atoms with Gasteiger partial charge in [-0.25, -0.2) is 0 Å². The fraction of sp³-hybridized carbons (Fsp3) is 0.917. The number of carboxylic acid groups (broad SMARTS) is 1. The summed E-state index contributed by atoms with van der Waals surface area (Å²) in [6, 6.07) is 0.0956. The Balaban J connectivity index is 2.37. The molecule has 2 N–H and O–H groups in total. The average molecular weight is 213 g/mol. The smallest absolute Gasteiger partial charge is 0.320 e. The van der Waals surface area contributed by atoms with Gasteiger partial charge in [0.2, 0.25) is 0 Å². The molecule has 1 saturated carbocycles. The molecule has 0 aromatic heterocycles. The van der Waals surface area contributed by atoms with Gasteiger partial charge in [0.05, 0.1) is 0 Å². The van der Waals surface area contributed by atoms with Gasteiger partial charge in [-0.3, -0.25) is 4.79 Å². The lowest BCUT2D eigenvalue weighted by molar-refractivity contribution is -0.139. The maximum Gasteiger partial charge on any atom is 0.320 e. The lowest BCUT2D eigenvalue weighted by atomic mass is 10.1. The van der Waals surface area contributed by atoms with Crippen molar-refractivity contribution in [2.24, 2.45) is 0 Å². The summed E-state index contributed by atoms with van der Waals surface area (Å²) in [5, 5.41) is 12.3. The van der Waals surface area contributed by atoms with Crippen LogP contribution in [0.15, 0.2) is 0 Å². The molecule has 3 nitrogen and oxygen atoms in total. The second-order valence-electron chi connectivity index (χ2n) is 4.53. The van der Waals surface area contributed by atoms with Crippen LogP contribution >= 0.6 is 0 Å². The van der Waals surface area contributed by atoms with Gasteiger partial charge < -0.3 is 10.4 Å². The monoisotopic (exact) mass is 213 g/mol. The van der Waals surface area contributed by atoms with Crippen molar-refractivity contribution < 1.29 is 9.90 Å². The fourth-order valence-corrected chi connectivity index (χ4v) is 2.30. The molecule has 88 valence electrons. The quantitative estimate of drug-likeness (QED) is 0.690. The van der Waals surface area contributed by atoms with Crippen molar-refractivity contribution in [2.75, 3.05) is 0 Å². The molecule has 0 saturated heterocycles. The topological polar surface area (TPSA) is 49.3 Å². The van der Waals surface area contributed by atoms with Crippen LogP contribution in [0.25, 0.3) is 0 Å². The average Bonchev–Trinajstić information content (AvgIpc) is 2.45. The minimum atomic E-state index is -0.693. The Labute approximate surface area is 92.3 Å². The van der Waals surface area contributed by atoms with Gasteiger partial charge in [-0.1, -0.05) is 39.0 Å². The zero-order valence-corrected chi connectivity index (χ0v) is 9.67. The van der Waals surface area contributed by atoms with E-state index in [-0.39, 0.29) is 6.04 Å². The zero-order valence-electron chi connectivity index (χ0n) is 9.67. The Hall–Kier alpha value is -0.570. The first-order valence-corrected chi connectivity index (χ1v) is 6.23. The number of hydrogen-bond donors (Lipinski definition) is 2. The van der Waals surface area contributed by atoms with Crippen molar-refractivity contribution >= 4 is 5.97 Å². The molecule has 3 heteroatoms. The molecule has 1 rings (SSSR count). The highest BCUT2D eigenvalue weighted by Gasteiger charge is 2.21. The number of aliphatic carboxylic acids is 1. The van der Waals surface area contributed by atoms with E-state index in [4.69, 9.17) is 5.11 Å². The van der Waals surface area contributed by atoms with Crippen LogP contribution in [0.2, 0.25) is 0 Å². The van der Waals surface area contributed by atoms with Crippen molar-refractivity contribution in [3.8, 4) is 0 Å². The summed E-state index contributed by atoms with van der Waals surface area (Å²) < 4.78 is 0. The standard InChI is InChI=1S/C12H23NO2/c1-2-7-11(12(14)15)13-10-8-5-3-4-6-9-10/h10-11,13H,2-9H2,1H3,(H,14,15). The number of carbonyl (C=O) groups is 1. The molecule has 1 fully saturated rings. The largest absolute Gasteiger partial charge is 0.480 e. The Morgan fingerprint density at radius 2 is 1.93 bits per heavy atom. The van der Waals surface area contributed by atoms with Gasteiger partial charge in [-0.2, -0.15) is 0 Å². The van der Waals surface area contributed by atoms with Gasteiger partial charge in [0.25, 0.3) is 0 Å². The normalized spacial score (nSPS) is 20.9. The van der Waals surface area contributed by atoms with E-state index in [1.165, 1.54) is 25.7 Å². The van der Waals surface area contributed by atoms with Crippen LogP contribution in [0.1, 0.15) is 58.3 Å². The zero-order chi connectivity index (χ0) is 11.1. The Kier molecular flexibility index (Phi) is 5.69. The first kappa shape index (κ1) is 12.5. The van der Waals surface area contributed by atoms with Crippen molar-refractivity contribution in [2.45, 2.75) is 70.4 Å². The van der Waals surface area contributed by atoms with Gasteiger partial charge in [0.15, 0.2) is 0 Å². The molecule has 0 heterocycles. The van der Waals surface area contributed by atoms with E-state index in [9.17, 15) is 4.79 Å². The number of carboxylic acids is 1. The second kappa shape index (κ2) is 6.83. The van der Waals surface area contributed by atoms with Crippen LogP contribution in [0.3, 0.4) is 0 Å². The molecule has 15 heavy (non-hydrogen) atoms. The summed E-state index contributed by atoms with van der Waals surface area (Å²) in [7, 11) is 0. The SMILES string of the molecule is CCCC(NC1CCCCCC1)C(=O)O. The highest BCUT2D eigenvalue weighted by Crippen LogP contribution is 2.18. The molecule has 0 radical (unpaired) electrons. The molecule has 1 aliphatic carbocycles.